The second kappa shape index (κ2) is 8.91. The van der Waals surface area contributed by atoms with Crippen molar-refractivity contribution in [2.75, 3.05) is 13.1 Å². The first-order valence-corrected chi connectivity index (χ1v) is 9.85. The molecule has 3 rings (SSSR count). The van der Waals surface area contributed by atoms with Crippen molar-refractivity contribution in [3.8, 4) is 0 Å². The summed E-state index contributed by atoms with van der Waals surface area (Å²) in [6.45, 7) is 2.92. The van der Waals surface area contributed by atoms with E-state index in [4.69, 9.17) is 0 Å². The Labute approximate surface area is 176 Å². The van der Waals surface area contributed by atoms with E-state index in [9.17, 15) is 24.5 Å². The fourth-order valence-electron chi connectivity index (χ4n) is 3.00. The zero-order valence-electron chi connectivity index (χ0n) is 16.3. The monoisotopic (exact) mass is 429 g/mol. The smallest absolute Gasteiger partial charge is 0.312 e. The fraction of sp³-hybridized carbons (Fsp3) is 0.263. The maximum atomic E-state index is 12.5. The Morgan fingerprint density at radius 2 is 1.97 bits per heavy atom. The van der Waals surface area contributed by atoms with E-state index in [2.05, 4.69) is 10.4 Å². The number of hydrogen-bond donors (Lipinski definition) is 1. The van der Waals surface area contributed by atoms with Crippen molar-refractivity contribution in [2.24, 2.45) is 0 Å². The van der Waals surface area contributed by atoms with Crippen LogP contribution < -0.4 is 5.32 Å². The zero-order valence-corrected chi connectivity index (χ0v) is 17.1. The number of aromatic nitrogens is 2. The van der Waals surface area contributed by atoms with Gasteiger partial charge in [0.25, 0.3) is 11.1 Å². The number of imide groups is 1. The molecule has 0 unspecified atom stereocenters. The van der Waals surface area contributed by atoms with E-state index < -0.39 is 22.0 Å². The van der Waals surface area contributed by atoms with Crippen molar-refractivity contribution in [1.29, 1.82) is 0 Å². The van der Waals surface area contributed by atoms with Gasteiger partial charge in [-0.15, -0.1) is 0 Å². The van der Waals surface area contributed by atoms with Gasteiger partial charge in [-0.25, -0.2) is 0 Å². The van der Waals surface area contributed by atoms with E-state index >= 15 is 0 Å². The predicted molar refractivity (Wildman–Crippen MR) is 110 cm³/mol. The summed E-state index contributed by atoms with van der Waals surface area (Å²) in [4.78, 5) is 48.7. The molecule has 1 aromatic carbocycles. The number of aryl methyl sites for hydroxylation is 1. The molecule has 10 nitrogen and oxygen atoms in total. The molecular weight excluding hydrogens is 410 g/mol. The van der Waals surface area contributed by atoms with Crippen molar-refractivity contribution < 1.29 is 19.3 Å². The number of carbonyl (C=O) groups is 3. The largest absolute Gasteiger partial charge is 0.353 e. The Hall–Kier alpha value is -3.47. The Kier molecular flexibility index (Phi) is 6.31. The average Bonchev–Trinajstić information content (AvgIpc) is 3.11. The molecule has 0 aliphatic carbocycles. The van der Waals surface area contributed by atoms with E-state index in [1.54, 1.807) is 6.08 Å². The lowest BCUT2D eigenvalue weighted by atomic mass is 10.2. The molecule has 1 N–H and O–H groups in total. The second-order valence-electron chi connectivity index (χ2n) is 6.53. The minimum Gasteiger partial charge on any atom is -0.353 e. The van der Waals surface area contributed by atoms with Crippen LogP contribution in [0.25, 0.3) is 6.08 Å². The molecule has 156 valence electrons. The second-order valence-corrected chi connectivity index (χ2v) is 7.52. The highest BCUT2D eigenvalue weighted by Crippen LogP contribution is 2.31. The summed E-state index contributed by atoms with van der Waals surface area (Å²) in [6, 6.07) is 9.19. The molecule has 2 aromatic rings. The molecule has 1 saturated heterocycles. The minimum atomic E-state index is -0.533. The lowest BCUT2D eigenvalue weighted by Crippen LogP contribution is -2.38. The van der Waals surface area contributed by atoms with Crippen molar-refractivity contribution >= 4 is 40.6 Å². The molecule has 1 aromatic heterocycles. The maximum Gasteiger partial charge on any atom is 0.312 e. The topological polar surface area (TPSA) is 127 Å². The number of rotatable bonds is 7. The van der Waals surface area contributed by atoms with Crippen LogP contribution in [0.3, 0.4) is 0 Å². The maximum absolute atomic E-state index is 12.5. The van der Waals surface area contributed by atoms with E-state index in [1.807, 2.05) is 30.3 Å². The van der Waals surface area contributed by atoms with E-state index in [1.165, 1.54) is 18.5 Å². The number of carbonyl (C=O) groups excluding carboxylic acids is 3. The van der Waals surface area contributed by atoms with Gasteiger partial charge < -0.3 is 5.32 Å². The van der Waals surface area contributed by atoms with Gasteiger partial charge in [-0.1, -0.05) is 30.3 Å². The molecule has 1 fully saturated rings. The normalized spacial score (nSPS) is 15.1. The number of benzene rings is 1. The predicted octanol–water partition coefficient (Wildman–Crippen LogP) is 2.26. The molecule has 0 bridgehead atoms. The number of amides is 3. The molecule has 0 radical (unpaired) electrons. The number of nitro groups is 1. The molecule has 11 heteroatoms. The lowest BCUT2D eigenvalue weighted by Gasteiger charge is -2.13. The van der Waals surface area contributed by atoms with Gasteiger partial charge in [0.15, 0.2) is 0 Å². The SMILES string of the molecule is Cc1nn(CC(=O)NCCN2C(=O)SC(=Cc3ccccc3)C2=O)c(C)c1[N+](=O)[O-]. The van der Waals surface area contributed by atoms with Gasteiger partial charge in [0.2, 0.25) is 5.91 Å². The van der Waals surface area contributed by atoms with Crippen LogP contribution in [0.2, 0.25) is 0 Å². The van der Waals surface area contributed by atoms with Gasteiger partial charge in [0, 0.05) is 13.1 Å². The third-order valence-corrected chi connectivity index (χ3v) is 5.36. The highest BCUT2D eigenvalue weighted by atomic mass is 32.2. The zero-order chi connectivity index (χ0) is 21.8. The van der Waals surface area contributed by atoms with Crippen molar-refractivity contribution in [3.05, 3.63) is 62.3 Å². The Balaban J connectivity index is 1.55. The quantitative estimate of drug-likeness (QED) is 0.406. The highest BCUT2D eigenvalue weighted by molar-refractivity contribution is 8.18. The summed E-state index contributed by atoms with van der Waals surface area (Å²) >= 11 is 0.855. The summed E-state index contributed by atoms with van der Waals surface area (Å²) < 4.78 is 1.26. The molecule has 30 heavy (non-hydrogen) atoms. The Morgan fingerprint density at radius 3 is 2.60 bits per heavy atom. The van der Waals surface area contributed by atoms with Gasteiger partial charge in [0.05, 0.1) is 9.83 Å². The highest BCUT2D eigenvalue weighted by Gasteiger charge is 2.34. The van der Waals surface area contributed by atoms with Crippen molar-refractivity contribution in [3.63, 3.8) is 0 Å². The third-order valence-electron chi connectivity index (χ3n) is 4.45. The van der Waals surface area contributed by atoms with Gasteiger partial charge in [0.1, 0.15) is 17.9 Å². The Morgan fingerprint density at radius 1 is 1.27 bits per heavy atom. The summed E-state index contributed by atoms with van der Waals surface area (Å²) in [5.41, 5.74) is 1.21. The van der Waals surface area contributed by atoms with E-state index in [-0.39, 0.29) is 36.7 Å². The van der Waals surface area contributed by atoms with Crippen LogP contribution in [0.5, 0.6) is 0 Å². The van der Waals surface area contributed by atoms with Gasteiger partial charge in [-0.05, 0) is 37.2 Å². The molecule has 0 atom stereocenters. The van der Waals surface area contributed by atoms with Crippen LogP contribution in [0.4, 0.5) is 10.5 Å². The number of nitrogens with one attached hydrogen (secondary N) is 1. The molecule has 0 saturated carbocycles. The third kappa shape index (κ3) is 4.57. The molecular formula is C19H19N5O5S. The number of hydrogen-bond acceptors (Lipinski definition) is 7. The van der Waals surface area contributed by atoms with Gasteiger partial charge in [-0.2, -0.15) is 5.10 Å². The van der Waals surface area contributed by atoms with Crippen molar-refractivity contribution in [1.82, 2.24) is 20.0 Å². The lowest BCUT2D eigenvalue weighted by molar-refractivity contribution is -0.386. The fourth-order valence-corrected chi connectivity index (χ4v) is 3.86. The minimum absolute atomic E-state index is 0.0276. The van der Waals surface area contributed by atoms with E-state index in [0.29, 0.717) is 4.91 Å². The van der Waals surface area contributed by atoms with Crippen LogP contribution in [-0.2, 0) is 16.1 Å². The summed E-state index contributed by atoms with van der Waals surface area (Å²) in [7, 11) is 0. The molecule has 0 spiro atoms. The first-order valence-electron chi connectivity index (χ1n) is 9.03. The summed E-state index contributed by atoms with van der Waals surface area (Å²) in [6.07, 6.45) is 1.65. The molecule has 3 amide bonds. The number of thioether (sulfide) groups is 1. The Bertz CT molecular complexity index is 1050. The standard InChI is InChI=1S/C19H19N5O5S/c1-12-17(24(28)29)13(2)23(21-12)11-16(25)20-8-9-22-18(26)15(30-19(22)27)10-14-6-4-3-5-7-14/h3-7,10H,8-9,11H2,1-2H3,(H,20,25). The number of nitrogens with zero attached hydrogens (tertiary/aromatic N) is 4. The summed E-state index contributed by atoms with van der Waals surface area (Å²) in [5, 5.41) is 17.3. The van der Waals surface area contributed by atoms with Crippen LogP contribution in [0, 0.1) is 24.0 Å². The van der Waals surface area contributed by atoms with Gasteiger partial charge >= 0.3 is 5.69 Å². The first-order chi connectivity index (χ1) is 14.3. The van der Waals surface area contributed by atoms with Crippen LogP contribution >= 0.6 is 11.8 Å². The molecule has 1 aliphatic heterocycles. The summed E-state index contributed by atoms with van der Waals surface area (Å²) in [5.74, 6) is -0.834. The van der Waals surface area contributed by atoms with Crippen LogP contribution in [0.15, 0.2) is 35.2 Å². The van der Waals surface area contributed by atoms with Crippen molar-refractivity contribution in [2.45, 2.75) is 20.4 Å². The van der Waals surface area contributed by atoms with Gasteiger partial charge in [-0.3, -0.25) is 34.1 Å². The molecule has 1 aliphatic rings. The first kappa shape index (κ1) is 21.2. The average molecular weight is 429 g/mol. The van der Waals surface area contributed by atoms with Crippen LogP contribution in [-0.4, -0.2) is 49.7 Å². The molecule has 2 heterocycles. The van der Waals surface area contributed by atoms with Crippen LogP contribution in [0.1, 0.15) is 17.0 Å². The van der Waals surface area contributed by atoms with E-state index in [0.717, 1.165) is 22.2 Å².